The van der Waals surface area contributed by atoms with E-state index in [1.807, 2.05) is 0 Å². The highest BCUT2D eigenvalue weighted by Gasteiger charge is 2.38. The molecular formula is C14H14F4N2O2. The van der Waals surface area contributed by atoms with Crippen molar-refractivity contribution in [2.75, 3.05) is 18.4 Å². The number of hydrogen-bond donors (Lipinski definition) is 1. The van der Waals surface area contributed by atoms with Crippen LogP contribution in [0.25, 0.3) is 0 Å². The van der Waals surface area contributed by atoms with Gasteiger partial charge in [0.1, 0.15) is 12.4 Å². The quantitative estimate of drug-likeness (QED) is 0.686. The van der Waals surface area contributed by atoms with E-state index in [1.54, 1.807) is 0 Å². The number of anilines is 1. The first-order chi connectivity index (χ1) is 10.2. The van der Waals surface area contributed by atoms with Crippen LogP contribution in [0.4, 0.5) is 23.2 Å². The van der Waals surface area contributed by atoms with Gasteiger partial charge in [-0.1, -0.05) is 6.07 Å². The lowest BCUT2D eigenvalue weighted by Crippen LogP contribution is -2.36. The molecule has 0 radical (unpaired) electrons. The molecule has 2 rings (SSSR count). The molecule has 1 heterocycles. The highest BCUT2D eigenvalue weighted by molar-refractivity contribution is 6.00. The van der Waals surface area contributed by atoms with Crippen molar-refractivity contribution in [3.63, 3.8) is 0 Å². The molecule has 120 valence electrons. The Labute approximate surface area is 124 Å². The normalized spacial score (nSPS) is 18.7. The molecule has 1 N–H and O–H groups in total. The van der Waals surface area contributed by atoms with E-state index in [9.17, 15) is 27.2 Å². The summed E-state index contributed by atoms with van der Waals surface area (Å²) in [5.74, 6) is -1.85. The average Bonchev–Trinajstić information content (AvgIpc) is 2.66. The molecule has 4 nitrogen and oxygen atoms in total. The number of nitrogens with one attached hydrogen (secondary N) is 1. The fourth-order valence-corrected chi connectivity index (χ4v) is 2.46. The summed E-state index contributed by atoms with van der Waals surface area (Å²) in [6, 6.07) is 3.36. The highest BCUT2D eigenvalue weighted by Crippen LogP contribution is 2.25. The number of amides is 1. The van der Waals surface area contributed by atoms with Crippen molar-refractivity contribution in [1.29, 1.82) is 0 Å². The maximum absolute atomic E-state index is 13.7. The lowest BCUT2D eigenvalue weighted by molar-refractivity contribution is -0.157. The van der Waals surface area contributed by atoms with Gasteiger partial charge in [0, 0.05) is 18.7 Å². The van der Waals surface area contributed by atoms with Gasteiger partial charge < -0.3 is 10.2 Å². The zero-order valence-electron chi connectivity index (χ0n) is 11.7. The van der Waals surface area contributed by atoms with E-state index in [4.69, 9.17) is 0 Å². The standard InChI is InChI=1S/C14H14F4N2O2/c1-8(21)13-10(15)3-2-4-11(13)19-9-5-12(22)20(6-9)7-14(16,17)18/h2-4,9,19H,5-7H2,1H3/t9-/m0/s1. The predicted molar refractivity (Wildman–Crippen MR) is 71.1 cm³/mol. The summed E-state index contributed by atoms with van der Waals surface area (Å²) in [5, 5.41) is 2.79. The smallest absolute Gasteiger partial charge is 0.379 e. The van der Waals surface area contributed by atoms with Gasteiger partial charge in [-0.25, -0.2) is 4.39 Å². The summed E-state index contributed by atoms with van der Waals surface area (Å²) >= 11 is 0. The molecule has 0 saturated carbocycles. The van der Waals surface area contributed by atoms with Crippen molar-refractivity contribution >= 4 is 17.4 Å². The first-order valence-electron chi connectivity index (χ1n) is 6.58. The summed E-state index contributed by atoms with van der Waals surface area (Å²) in [6.07, 6.45) is -4.60. The minimum Gasteiger partial charge on any atom is -0.379 e. The third kappa shape index (κ3) is 3.75. The second-order valence-corrected chi connectivity index (χ2v) is 5.15. The van der Waals surface area contributed by atoms with E-state index < -0.39 is 36.3 Å². The SMILES string of the molecule is CC(=O)c1c(F)cccc1N[C@H]1CC(=O)N(CC(F)(F)F)C1. The van der Waals surface area contributed by atoms with Crippen LogP contribution in [0.2, 0.25) is 0 Å². The number of carbonyl (C=O) groups is 2. The molecular weight excluding hydrogens is 304 g/mol. The van der Waals surface area contributed by atoms with Crippen molar-refractivity contribution in [2.24, 2.45) is 0 Å². The summed E-state index contributed by atoms with van der Waals surface area (Å²) < 4.78 is 50.7. The van der Waals surface area contributed by atoms with Crippen molar-refractivity contribution in [3.8, 4) is 0 Å². The number of ketones is 1. The van der Waals surface area contributed by atoms with Crippen LogP contribution in [0.15, 0.2) is 18.2 Å². The van der Waals surface area contributed by atoms with Crippen molar-refractivity contribution in [3.05, 3.63) is 29.6 Å². The van der Waals surface area contributed by atoms with E-state index in [2.05, 4.69) is 5.32 Å². The van der Waals surface area contributed by atoms with Crippen molar-refractivity contribution in [2.45, 2.75) is 25.6 Å². The van der Waals surface area contributed by atoms with Crippen LogP contribution in [0.1, 0.15) is 23.7 Å². The van der Waals surface area contributed by atoms with Gasteiger partial charge in [0.2, 0.25) is 5.91 Å². The predicted octanol–water partition coefficient (Wildman–Crippen LogP) is 2.60. The third-order valence-electron chi connectivity index (χ3n) is 3.31. The van der Waals surface area contributed by atoms with Gasteiger partial charge in [-0.3, -0.25) is 9.59 Å². The lowest BCUT2D eigenvalue weighted by atomic mass is 10.1. The summed E-state index contributed by atoms with van der Waals surface area (Å²) in [4.78, 5) is 23.8. The zero-order chi connectivity index (χ0) is 16.5. The van der Waals surface area contributed by atoms with Crippen molar-refractivity contribution < 1.29 is 27.2 Å². The first kappa shape index (κ1) is 16.3. The molecule has 0 bridgehead atoms. The molecule has 1 aliphatic rings. The molecule has 1 atom stereocenters. The molecule has 22 heavy (non-hydrogen) atoms. The van der Waals surface area contributed by atoms with Gasteiger partial charge in [0.05, 0.1) is 11.6 Å². The topological polar surface area (TPSA) is 49.4 Å². The molecule has 1 aromatic carbocycles. The summed E-state index contributed by atoms with van der Waals surface area (Å²) in [6.45, 7) is -0.266. The summed E-state index contributed by atoms with van der Waals surface area (Å²) in [5.41, 5.74) is 0.0170. The molecule has 1 aliphatic heterocycles. The number of benzene rings is 1. The highest BCUT2D eigenvalue weighted by atomic mass is 19.4. The largest absolute Gasteiger partial charge is 0.406 e. The second-order valence-electron chi connectivity index (χ2n) is 5.15. The number of carbonyl (C=O) groups excluding carboxylic acids is 2. The van der Waals surface area contributed by atoms with Gasteiger partial charge in [-0.2, -0.15) is 13.2 Å². The Morgan fingerprint density at radius 3 is 2.68 bits per heavy atom. The van der Waals surface area contributed by atoms with Crippen LogP contribution < -0.4 is 5.32 Å². The number of alkyl halides is 3. The Bertz CT molecular complexity index is 601. The Morgan fingerprint density at radius 1 is 1.41 bits per heavy atom. The number of likely N-dealkylation sites (tertiary alicyclic amines) is 1. The Hall–Kier alpha value is -2.12. The van der Waals surface area contributed by atoms with Gasteiger partial charge in [-0.05, 0) is 19.1 Å². The Kier molecular flexibility index (Phi) is 4.39. The van der Waals surface area contributed by atoms with Crippen LogP contribution in [-0.4, -0.2) is 41.9 Å². The Balaban J connectivity index is 2.12. The molecule has 0 spiro atoms. The first-order valence-corrected chi connectivity index (χ1v) is 6.58. The van der Waals surface area contributed by atoms with E-state index >= 15 is 0 Å². The molecule has 8 heteroatoms. The molecule has 0 unspecified atom stereocenters. The van der Waals surface area contributed by atoms with E-state index in [0.29, 0.717) is 4.90 Å². The second kappa shape index (κ2) is 5.94. The average molecular weight is 318 g/mol. The van der Waals surface area contributed by atoms with Gasteiger partial charge in [0.15, 0.2) is 5.78 Å². The minimum atomic E-state index is -4.46. The molecule has 1 fully saturated rings. The fourth-order valence-electron chi connectivity index (χ4n) is 2.46. The molecule has 1 saturated heterocycles. The molecule has 0 aromatic heterocycles. The third-order valence-corrected chi connectivity index (χ3v) is 3.31. The molecule has 1 amide bonds. The van der Waals surface area contributed by atoms with Gasteiger partial charge in [0.25, 0.3) is 0 Å². The minimum absolute atomic E-state index is 0.135. The zero-order valence-corrected chi connectivity index (χ0v) is 11.7. The van der Waals surface area contributed by atoms with Crippen LogP contribution in [0, 0.1) is 5.82 Å². The number of nitrogens with zero attached hydrogens (tertiary/aromatic N) is 1. The monoisotopic (exact) mass is 318 g/mol. The van der Waals surface area contributed by atoms with Gasteiger partial charge in [-0.15, -0.1) is 0 Å². The number of rotatable bonds is 4. The van der Waals surface area contributed by atoms with Crippen LogP contribution >= 0.6 is 0 Å². The number of halogens is 4. The Morgan fingerprint density at radius 2 is 2.09 bits per heavy atom. The fraction of sp³-hybridized carbons (Fsp3) is 0.429. The molecule has 0 aliphatic carbocycles. The number of hydrogen-bond acceptors (Lipinski definition) is 3. The maximum atomic E-state index is 13.7. The van der Waals surface area contributed by atoms with E-state index in [1.165, 1.54) is 19.1 Å². The van der Waals surface area contributed by atoms with Crippen LogP contribution in [0.5, 0.6) is 0 Å². The van der Waals surface area contributed by atoms with Crippen molar-refractivity contribution in [1.82, 2.24) is 4.90 Å². The lowest BCUT2D eigenvalue weighted by Gasteiger charge is -2.19. The molecule has 1 aromatic rings. The maximum Gasteiger partial charge on any atom is 0.406 e. The van der Waals surface area contributed by atoms with Crippen LogP contribution in [-0.2, 0) is 4.79 Å². The van der Waals surface area contributed by atoms with E-state index in [-0.39, 0.29) is 24.2 Å². The van der Waals surface area contributed by atoms with E-state index in [0.717, 1.165) is 6.07 Å². The van der Waals surface area contributed by atoms with Crippen LogP contribution in [0.3, 0.4) is 0 Å². The summed E-state index contributed by atoms with van der Waals surface area (Å²) in [7, 11) is 0. The van der Waals surface area contributed by atoms with Gasteiger partial charge >= 0.3 is 6.18 Å². The number of Topliss-reactive ketones (excluding diaryl/α,β-unsaturated/α-hetero) is 1.